The summed E-state index contributed by atoms with van der Waals surface area (Å²) in [5.74, 6) is -0.942. The van der Waals surface area contributed by atoms with Gasteiger partial charge in [-0.2, -0.15) is 0 Å². The first-order valence-electron chi connectivity index (χ1n) is 12.7. The quantitative estimate of drug-likeness (QED) is 0.439. The van der Waals surface area contributed by atoms with Crippen molar-refractivity contribution in [1.29, 1.82) is 0 Å². The van der Waals surface area contributed by atoms with Crippen LogP contribution in [0.4, 0.5) is 4.79 Å². The van der Waals surface area contributed by atoms with E-state index in [1.54, 1.807) is 4.90 Å². The van der Waals surface area contributed by atoms with Crippen molar-refractivity contribution in [3.63, 3.8) is 0 Å². The van der Waals surface area contributed by atoms with Crippen LogP contribution >= 0.6 is 0 Å². The van der Waals surface area contributed by atoms with Gasteiger partial charge in [-0.3, -0.25) is 14.4 Å². The van der Waals surface area contributed by atoms with E-state index in [0.717, 1.165) is 51.4 Å². The number of hydrogen-bond acceptors (Lipinski definition) is 4. The highest BCUT2D eigenvalue weighted by Crippen LogP contribution is 2.28. The normalized spacial score (nSPS) is 26.3. The summed E-state index contributed by atoms with van der Waals surface area (Å²) in [6.07, 6.45) is 11.3. The lowest BCUT2D eigenvalue weighted by molar-refractivity contribution is -0.137. The molecular formula is C24H40N4O5. The largest absolute Gasteiger partial charge is 0.481 e. The third-order valence-electron chi connectivity index (χ3n) is 7.37. The van der Waals surface area contributed by atoms with E-state index in [2.05, 4.69) is 16.0 Å². The molecule has 186 valence electrons. The Morgan fingerprint density at radius 1 is 0.818 bits per heavy atom. The Balaban J connectivity index is 1.34. The summed E-state index contributed by atoms with van der Waals surface area (Å²) in [4.78, 5) is 49.9. The number of urea groups is 1. The van der Waals surface area contributed by atoms with Crippen LogP contribution in [0.3, 0.4) is 0 Å². The first-order valence-corrected chi connectivity index (χ1v) is 12.7. The lowest BCUT2D eigenvalue weighted by Crippen LogP contribution is -2.48. The molecule has 4 N–H and O–H groups in total. The molecule has 4 amide bonds. The number of nitrogens with zero attached hydrogens (tertiary/aromatic N) is 1. The summed E-state index contributed by atoms with van der Waals surface area (Å²) < 4.78 is 0. The molecule has 0 radical (unpaired) electrons. The van der Waals surface area contributed by atoms with Gasteiger partial charge in [-0.15, -0.1) is 0 Å². The predicted octanol–water partition coefficient (Wildman–Crippen LogP) is 2.40. The fourth-order valence-electron chi connectivity index (χ4n) is 5.40. The molecule has 0 aromatic carbocycles. The van der Waals surface area contributed by atoms with Gasteiger partial charge in [0.05, 0.1) is 12.3 Å². The number of carboxylic acids is 1. The van der Waals surface area contributed by atoms with E-state index in [0.29, 0.717) is 31.5 Å². The maximum Gasteiger partial charge on any atom is 0.315 e. The van der Waals surface area contributed by atoms with Gasteiger partial charge in [0.15, 0.2) is 0 Å². The van der Waals surface area contributed by atoms with Gasteiger partial charge in [-0.25, -0.2) is 4.79 Å². The van der Waals surface area contributed by atoms with Gasteiger partial charge in [0.2, 0.25) is 11.8 Å². The van der Waals surface area contributed by atoms with Crippen molar-refractivity contribution in [3.05, 3.63) is 0 Å². The number of aliphatic carboxylic acids is 1. The molecule has 9 heteroatoms. The molecule has 0 aromatic heterocycles. The average molecular weight is 465 g/mol. The van der Waals surface area contributed by atoms with E-state index < -0.39 is 5.97 Å². The molecule has 2 saturated carbocycles. The smallest absolute Gasteiger partial charge is 0.315 e. The molecule has 33 heavy (non-hydrogen) atoms. The van der Waals surface area contributed by atoms with Crippen molar-refractivity contribution < 1.29 is 24.3 Å². The Bertz CT molecular complexity index is 686. The van der Waals surface area contributed by atoms with E-state index in [9.17, 15) is 19.2 Å². The molecule has 1 aliphatic heterocycles. The van der Waals surface area contributed by atoms with Gasteiger partial charge in [-0.1, -0.05) is 19.3 Å². The Kier molecular flexibility index (Phi) is 9.81. The number of rotatable bonds is 8. The third kappa shape index (κ3) is 8.51. The van der Waals surface area contributed by atoms with Crippen molar-refractivity contribution >= 4 is 23.8 Å². The molecule has 0 spiro atoms. The highest BCUT2D eigenvalue weighted by molar-refractivity contribution is 5.81. The van der Waals surface area contributed by atoms with Crippen LogP contribution in [0.15, 0.2) is 0 Å². The second kappa shape index (κ2) is 12.8. The van der Waals surface area contributed by atoms with E-state index in [-0.39, 0.29) is 42.8 Å². The van der Waals surface area contributed by atoms with Crippen LogP contribution in [0.5, 0.6) is 0 Å². The molecule has 3 aliphatic rings. The first kappa shape index (κ1) is 25.3. The zero-order valence-electron chi connectivity index (χ0n) is 19.7. The molecule has 0 bridgehead atoms. The van der Waals surface area contributed by atoms with Crippen LogP contribution in [-0.4, -0.2) is 65.5 Å². The van der Waals surface area contributed by atoms with Crippen molar-refractivity contribution in [2.24, 2.45) is 11.8 Å². The fourth-order valence-corrected chi connectivity index (χ4v) is 5.40. The molecule has 0 aromatic rings. The number of nitrogens with one attached hydrogen (secondary N) is 3. The standard InChI is InChI=1S/C24H40N4O5/c29-21(28-14-4-5-18(16-28)23(32)25-13-12-22(30)31)15-17-8-10-20(11-9-17)27-24(33)26-19-6-2-1-3-7-19/h17-20H,1-16H2,(H,25,32)(H,30,31)(H2,26,27,33)/t17?,18-,20?/m1/s1. The molecule has 0 unspecified atom stereocenters. The second-order valence-corrected chi connectivity index (χ2v) is 9.99. The van der Waals surface area contributed by atoms with Crippen molar-refractivity contribution in [3.8, 4) is 0 Å². The van der Waals surface area contributed by atoms with Crippen LogP contribution in [0.25, 0.3) is 0 Å². The summed E-state index contributed by atoms with van der Waals surface area (Å²) in [6.45, 7) is 1.21. The second-order valence-electron chi connectivity index (χ2n) is 9.99. The third-order valence-corrected chi connectivity index (χ3v) is 7.37. The van der Waals surface area contributed by atoms with Crippen LogP contribution in [0.2, 0.25) is 0 Å². The van der Waals surface area contributed by atoms with Crippen LogP contribution < -0.4 is 16.0 Å². The number of piperidine rings is 1. The highest BCUT2D eigenvalue weighted by Gasteiger charge is 2.31. The molecular weight excluding hydrogens is 424 g/mol. The van der Waals surface area contributed by atoms with Crippen LogP contribution in [0, 0.1) is 11.8 Å². The minimum atomic E-state index is -0.939. The van der Waals surface area contributed by atoms with Gasteiger partial charge in [0.1, 0.15) is 0 Å². The highest BCUT2D eigenvalue weighted by atomic mass is 16.4. The Labute approximate surface area is 196 Å². The zero-order chi connectivity index (χ0) is 23.6. The Morgan fingerprint density at radius 2 is 1.48 bits per heavy atom. The number of hydrogen-bond donors (Lipinski definition) is 4. The summed E-state index contributed by atoms with van der Waals surface area (Å²) in [5.41, 5.74) is 0. The van der Waals surface area contributed by atoms with Crippen molar-refractivity contribution in [2.45, 2.75) is 95.6 Å². The molecule has 3 fully saturated rings. The number of carbonyl (C=O) groups excluding carboxylic acids is 3. The topological polar surface area (TPSA) is 128 Å². The van der Waals surface area contributed by atoms with E-state index in [4.69, 9.17) is 5.11 Å². The summed E-state index contributed by atoms with van der Waals surface area (Å²) >= 11 is 0. The maximum absolute atomic E-state index is 12.9. The average Bonchev–Trinajstić information content (AvgIpc) is 2.80. The van der Waals surface area contributed by atoms with Gasteiger partial charge in [0, 0.05) is 38.1 Å². The fraction of sp³-hybridized carbons (Fsp3) is 0.833. The number of carboxylic acid groups (broad SMARTS) is 1. The minimum Gasteiger partial charge on any atom is -0.481 e. The SMILES string of the molecule is O=C(O)CCNC(=O)[C@@H]1CCCN(C(=O)CC2CCC(NC(=O)NC3CCCCC3)CC2)C1. The zero-order valence-corrected chi connectivity index (χ0v) is 19.7. The van der Waals surface area contributed by atoms with Crippen molar-refractivity contribution in [1.82, 2.24) is 20.9 Å². The van der Waals surface area contributed by atoms with E-state index in [1.807, 2.05) is 0 Å². The van der Waals surface area contributed by atoms with Gasteiger partial charge in [0.25, 0.3) is 0 Å². The number of amides is 4. The van der Waals surface area contributed by atoms with Gasteiger partial charge >= 0.3 is 12.0 Å². The first-order chi connectivity index (χ1) is 15.9. The lowest BCUT2D eigenvalue weighted by Gasteiger charge is -2.34. The predicted molar refractivity (Wildman–Crippen MR) is 123 cm³/mol. The molecule has 1 heterocycles. The van der Waals surface area contributed by atoms with E-state index >= 15 is 0 Å². The van der Waals surface area contributed by atoms with Gasteiger partial charge < -0.3 is 26.0 Å². The minimum absolute atomic E-state index is 0.0533. The molecule has 1 saturated heterocycles. The lowest BCUT2D eigenvalue weighted by atomic mass is 9.83. The molecule has 3 rings (SSSR count). The summed E-state index contributed by atoms with van der Waals surface area (Å²) in [5, 5.41) is 17.6. The molecule has 9 nitrogen and oxygen atoms in total. The number of likely N-dealkylation sites (tertiary alicyclic amines) is 1. The number of carbonyl (C=O) groups is 4. The van der Waals surface area contributed by atoms with Gasteiger partial charge in [-0.05, 0) is 57.3 Å². The van der Waals surface area contributed by atoms with Crippen molar-refractivity contribution in [2.75, 3.05) is 19.6 Å². The van der Waals surface area contributed by atoms with Crippen LogP contribution in [0.1, 0.15) is 83.5 Å². The Morgan fingerprint density at radius 3 is 2.15 bits per heavy atom. The molecule has 1 atom stereocenters. The summed E-state index contributed by atoms with van der Waals surface area (Å²) in [7, 11) is 0. The maximum atomic E-state index is 12.9. The molecule has 2 aliphatic carbocycles. The monoisotopic (exact) mass is 464 g/mol. The van der Waals surface area contributed by atoms with E-state index in [1.165, 1.54) is 19.3 Å². The Hall–Kier alpha value is -2.32. The van der Waals surface area contributed by atoms with Crippen LogP contribution in [-0.2, 0) is 14.4 Å². The summed E-state index contributed by atoms with van der Waals surface area (Å²) in [6, 6.07) is 0.427.